The van der Waals surface area contributed by atoms with Gasteiger partial charge in [0.25, 0.3) is 0 Å². The fraction of sp³-hybridized carbons (Fsp3) is 0.200. The summed E-state index contributed by atoms with van der Waals surface area (Å²) in [7, 11) is 1.52. The number of nitrogens with zero attached hydrogens (tertiary/aromatic N) is 4. The number of fused-ring (bicyclic) bond motifs is 1. The minimum absolute atomic E-state index is 0.216. The quantitative estimate of drug-likeness (QED) is 0.357. The van der Waals surface area contributed by atoms with Crippen LogP contribution in [0.3, 0.4) is 0 Å². The van der Waals surface area contributed by atoms with E-state index in [1.54, 1.807) is 42.5 Å². The van der Waals surface area contributed by atoms with Gasteiger partial charge in [0, 0.05) is 24.4 Å². The molecule has 0 aliphatic carbocycles. The number of methoxy groups -OCH3 is 1. The highest BCUT2D eigenvalue weighted by Gasteiger charge is 2.33. The van der Waals surface area contributed by atoms with Crippen LogP contribution in [-0.4, -0.2) is 47.1 Å². The van der Waals surface area contributed by atoms with Gasteiger partial charge in [0.1, 0.15) is 23.9 Å². The van der Waals surface area contributed by atoms with Gasteiger partial charge in [0.15, 0.2) is 0 Å². The molecule has 1 aromatic heterocycles. The molecule has 0 aliphatic heterocycles. The molecule has 4 rings (SSSR count). The Kier molecular flexibility index (Phi) is 7.69. The van der Waals surface area contributed by atoms with Gasteiger partial charge in [-0.15, -0.1) is 5.10 Å². The van der Waals surface area contributed by atoms with Gasteiger partial charge >= 0.3 is 0 Å². The number of para-hydroxylation sites is 1. The van der Waals surface area contributed by atoms with Crippen molar-refractivity contribution in [3.8, 4) is 0 Å². The van der Waals surface area contributed by atoms with Crippen molar-refractivity contribution in [1.29, 1.82) is 0 Å². The number of ether oxygens (including phenoxy) is 1. The number of benzene rings is 3. The molecule has 0 spiro atoms. The van der Waals surface area contributed by atoms with Crippen molar-refractivity contribution in [3.05, 3.63) is 89.2 Å². The van der Waals surface area contributed by atoms with Gasteiger partial charge < -0.3 is 10.1 Å². The Morgan fingerprint density at radius 1 is 1.11 bits per heavy atom. The maximum Gasteiger partial charge on any atom is 0.249 e. The zero-order valence-corrected chi connectivity index (χ0v) is 19.7. The Morgan fingerprint density at radius 2 is 1.89 bits per heavy atom. The SMILES string of the molecule is COCCNC(=O)[C@H](c1ccc(Cl)cc1)N(C(=O)Cn1nnc2ccccc21)c1cccc(F)c1. The second-order valence-electron chi connectivity index (χ2n) is 7.72. The van der Waals surface area contributed by atoms with E-state index in [-0.39, 0.29) is 25.4 Å². The fourth-order valence-corrected chi connectivity index (χ4v) is 3.86. The van der Waals surface area contributed by atoms with E-state index in [0.29, 0.717) is 21.6 Å². The molecule has 0 saturated carbocycles. The van der Waals surface area contributed by atoms with Gasteiger partial charge in [0.05, 0.1) is 12.1 Å². The average Bonchev–Trinajstić information content (AvgIpc) is 3.26. The lowest BCUT2D eigenvalue weighted by atomic mass is 10.0. The van der Waals surface area contributed by atoms with Crippen molar-refractivity contribution in [2.75, 3.05) is 25.2 Å². The predicted molar refractivity (Wildman–Crippen MR) is 130 cm³/mol. The molecular formula is C25H23ClFN5O3. The Labute approximate surface area is 206 Å². The van der Waals surface area contributed by atoms with Crippen LogP contribution in [0.15, 0.2) is 72.8 Å². The highest BCUT2D eigenvalue weighted by Crippen LogP contribution is 2.30. The summed E-state index contributed by atoms with van der Waals surface area (Å²) in [6.07, 6.45) is 0. The van der Waals surface area contributed by atoms with Gasteiger partial charge in [-0.2, -0.15) is 0 Å². The standard InChI is InChI=1S/C25H23ClFN5O3/c1-35-14-13-28-25(34)24(17-9-11-18(26)12-10-17)32(20-6-4-5-19(27)15-20)23(33)16-31-22-8-3-2-7-21(22)29-30-31/h2-12,15,24H,13-14,16H2,1H3,(H,28,34)/t24-/m0/s1. The smallest absolute Gasteiger partial charge is 0.249 e. The molecule has 180 valence electrons. The van der Waals surface area contributed by atoms with Gasteiger partial charge in [0.2, 0.25) is 11.8 Å². The van der Waals surface area contributed by atoms with Crippen LogP contribution in [0.1, 0.15) is 11.6 Å². The van der Waals surface area contributed by atoms with Crippen LogP contribution in [0.5, 0.6) is 0 Å². The van der Waals surface area contributed by atoms with Crippen molar-refractivity contribution < 1.29 is 18.7 Å². The maximum atomic E-state index is 14.2. The number of rotatable bonds is 9. The van der Waals surface area contributed by atoms with Crippen molar-refractivity contribution in [1.82, 2.24) is 20.3 Å². The summed E-state index contributed by atoms with van der Waals surface area (Å²) in [5.74, 6) is -1.47. The summed E-state index contributed by atoms with van der Waals surface area (Å²) in [6, 6.07) is 18.2. The summed E-state index contributed by atoms with van der Waals surface area (Å²) >= 11 is 6.06. The van der Waals surface area contributed by atoms with E-state index >= 15 is 0 Å². The molecule has 3 aromatic carbocycles. The lowest BCUT2D eigenvalue weighted by molar-refractivity contribution is -0.127. The number of carbonyl (C=O) groups excluding carboxylic acids is 2. The lowest BCUT2D eigenvalue weighted by Crippen LogP contribution is -2.46. The second kappa shape index (κ2) is 11.1. The molecular weight excluding hydrogens is 473 g/mol. The summed E-state index contributed by atoms with van der Waals surface area (Å²) in [5.41, 5.74) is 2.02. The number of nitrogens with one attached hydrogen (secondary N) is 1. The predicted octanol–water partition coefficient (Wildman–Crippen LogP) is 3.76. The number of halogens is 2. The molecule has 2 amide bonds. The minimum atomic E-state index is -1.10. The number of carbonyl (C=O) groups is 2. The molecule has 1 heterocycles. The number of anilines is 1. The zero-order valence-electron chi connectivity index (χ0n) is 18.9. The molecule has 0 bridgehead atoms. The molecule has 0 unspecified atom stereocenters. The molecule has 1 N–H and O–H groups in total. The Hall–Kier alpha value is -3.82. The molecule has 0 aliphatic rings. The van der Waals surface area contributed by atoms with Gasteiger partial charge in [-0.3, -0.25) is 14.5 Å². The van der Waals surface area contributed by atoms with Crippen molar-refractivity contribution >= 4 is 40.1 Å². The Balaban J connectivity index is 1.77. The van der Waals surface area contributed by atoms with Crippen LogP contribution in [0.4, 0.5) is 10.1 Å². The normalized spacial score (nSPS) is 11.9. The molecule has 8 nitrogen and oxygen atoms in total. The molecule has 4 aromatic rings. The molecule has 0 radical (unpaired) electrons. The second-order valence-corrected chi connectivity index (χ2v) is 8.15. The number of aromatic nitrogens is 3. The Bertz CT molecular complexity index is 1330. The summed E-state index contributed by atoms with van der Waals surface area (Å²) < 4.78 is 20.7. The maximum absolute atomic E-state index is 14.2. The van der Waals surface area contributed by atoms with Gasteiger partial charge in [-0.25, -0.2) is 9.07 Å². The van der Waals surface area contributed by atoms with Crippen LogP contribution in [0.25, 0.3) is 11.0 Å². The highest BCUT2D eigenvalue weighted by molar-refractivity contribution is 6.30. The van der Waals surface area contributed by atoms with Crippen LogP contribution in [0.2, 0.25) is 5.02 Å². The largest absolute Gasteiger partial charge is 0.383 e. The number of amides is 2. The molecule has 0 saturated heterocycles. The van der Waals surface area contributed by atoms with E-state index in [1.165, 1.54) is 34.9 Å². The molecule has 35 heavy (non-hydrogen) atoms. The third-order valence-corrected chi connectivity index (χ3v) is 5.61. The van der Waals surface area contributed by atoms with Crippen molar-refractivity contribution in [2.24, 2.45) is 0 Å². The molecule has 0 fully saturated rings. The van der Waals surface area contributed by atoms with Crippen LogP contribution >= 0.6 is 11.6 Å². The fourth-order valence-electron chi connectivity index (χ4n) is 3.74. The van der Waals surface area contributed by atoms with Crippen molar-refractivity contribution in [3.63, 3.8) is 0 Å². The van der Waals surface area contributed by atoms with Gasteiger partial charge in [-0.1, -0.05) is 47.1 Å². The third kappa shape index (κ3) is 5.64. The lowest BCUT2D eigenvalue weighted by Gasteiger charge is -2.31. The van der Waals surface area contributed by atoms with E-state index in [0.717, 1.165) is 0 Å². The van der Waals surface area contributed by atoms with Gasteiger partial charge in [-0.05, 0) is 48.0 Å². The highest BCUT2D eigenvalue weighted by atomic mass is 35.5. The zero-order chi connectivity index (χ0) is 24.8. The van der Waals surface area contributed by atoms with E-state index in [1.807, 2.05) is 12.1 Å². The average molecular weight is 496 g/mol. The minimum Gasteiger partial charge on any atom is -0.383 e. The number of hydrogen-bond acceptors (Lipinski definition) is 5. The summed E-state index contributed by atoms with van der Waals surface area (Å²) in [6.45, 7) is 0.308. The van der Waals surface area contributed by atoms with E-state index < -0.39 is 23.7 Å². The van der Waals surface area contributed by atoms with Crippen LogP contribution < -0.4 is 10.2 Å². The molecule has 1 atom stereocenters. The first kappa shape index (κ1) is 24.3. The van der Waals surface area contributed by atoms with Crippen LogP contribution in [-0.2, 0) is 20.9 Å². The number of hydrogen-bond donors (Lipinski definition) is 1. The molecule has 10 heteroatoms. The van der Waals surface area contributed by atoms with E-state index in [4.69, 9.17) is 16.3 Å². The summed E-state index contributed by atoms with van der Waals surface area (Å²) in [4.78, 5) is 28.4. The van der Waals surface area contributed by atoms with Crippen LogP contribution in [0, 0.1) is 5.82 Å². The van der Waals surface area contributed by atoms with E-state index in [2.05, 4.69) is 15.6 Å². The monoisotopic (exact) mass is 495 g/mol. The first-order valence-corrected chi connectivity index (χ1v) is 11.2. The summed E-state index contributed by atoms with van der Waals surface area (Å²) in [5, 5.41) is 11.4. The topological polar surface area (TPSA) is 89.4 Å². The Morgan fingerprint density at radius 3 is 2.63 bits per heavy atom. The third-order valence-electron chi connectivity index (χ3n) is 5.36. The van der Waals surface area contributed by atoms with E-state index in [9.17, 15) is 14.0 Å². The van der Waals surface area contributed by atoms with Crippen molar-refractivity contribution in [2.45, 2.75) is 12.6 Å². The first-order valence-electron chi connectivity index (χ1n) is 10.9. The first-order chi connectivity index (χ1) is 17.0.